The standard InChI is InChI=1S/C21H23FN4O/c1-13-23-19-7-3-6-18(19)20(24-13)25-9-15-11-26(12-16(15)10-25)21(27)14-4-2-5-17(22)8-14/h2,4-5,8,15-16H,3,6-7,9-12H2,1H3. The molecule has 140 valence electrons. The molecule has 2 aromatic rings. The van der Waals surface area contributed by atoms with Crippen molar-refractivity contribution in [2.45, 2.75) is 26.2 Å². The van der Waals surface area contributed by atoms with Crippen molar-refractivity contribution >= 4 is 11.7 Å². The molecule has 2 atom stereocenters. The molecule has 0 N–H and O–H groups in total. The molecule has 3 heterocycles. The first-order valence-corrected chi connectivity index (χ1v) is 9.74. The van der Waals surface area contributed by atoms with E-state index in [1.165, 1.54) is 23.4 Å². The van der Waals surface area contributed by atoms with E-state index in [0.29, 0.717) is 17.4 Å². The van der Waals surface area contributed by atoms with Gasteiger partial charge in [0.1, 0.15) is 17.5 Å². The van der Waals surface area contributed by atoms with E-state index in [1.807, 2.05) is 11.8 Å². The molecule has 2 unspecified atom stereocenters. The van der Waals surface area contributed by atoms with Crippen LogP contribution in [0.3, 0.4) is 0 Å². The lowest BCUT2D eigenvalue weighted by atomic mass is 10.0. The SMILES string of the molecule is Cc1nc2c(c(N3CC4CN(C(=O)c5cccc(F)c5)CC4C3)n1)CCC2. The molecule has 6 heteroatoms. The summed E-state index contributed by atoms with van der Waals surface area (Å²) in [6.45, 7) is 5.31. The molecule has 3 aliphatic rings. The highest BCUT2D eigenvalue weighted by molar-refractivity contribution is 5.94. The van der Waals surface area contributed by atoms with E-state index in [-0.39, 0.29) is 11.7 Å². The maximum Gasteiger partial charge on any atom is 0.253 e. The fraction of sp³-hybridized carbons (Fsp3) is 0.476. The topological polar surface area (TPSA) is 49.3 Å². The number of benzene rings is 1. The zero-order valence-corrected chi connectivity index (χ0v) is 15.5. The van der Waals surface area contributed by atoms with Crippen molar-refractivity contribution in [1.82, 2.24) is 14.9 Å². The van der Waals surface area contributed by atoms with Crippen molar-refractivity contribution in [1.29, 1.82) is 0 Å². The van der Waals surface area contributed by atoms with E-state index < -0.39 is 0 Å². The quantitative estimate of drug-likeness (QED) is 0.820. The van der Waals surface area contributed by atoms with Gasteiger partial charge in [-0.3, -0.25) is 4.79 Å². The van der Waals surface area contributed by atoms with Gasteiger partial charge in [0.05, 0.1) is 0 Å². The van der Waals surface area contributed by atoms with Crippen LogP contribution in [0.2, 0.25) is 0 Å². The van der Waals surface area contributed by atoms with Crippen molar-refractivity contribution in [2.24, 2.45) is 11.8 Å². The van der Waals surface area contributed by atoms with Gasteiger partial charge in [0.15, 0.2) is 0 Å². The molecule has 1 amide bonds. The number of hydrogen-bond donors (Lipinski definition) is 0. The summed E-state index contributed by atoms with van der Waals surface area (Å²) >= 11 is 0. The number of carbonyl (C=O) groups excluding carboxylic acids is 1. The largest absolute Gasteiger partial charge is 0.356 e. The summed E-state index contributed by atoms with van der Waals surface area (Å²) in [6, 6.07) is 5.99. The summed E-state index contributed by atoms with van der Waals surface area (Å²) in [4.78, 5) is 26.4. The average Bonchev–Trinajstić information content (AvgIpc) is 3.34. The third-order valence-corrected chi connectivity index (χ3v) is 6.17. The van der Waals surface area contributed by atoms with Gasteiger partial charge in [0, 0.05) is 54.8 Å². The van der Waals surface area contributed by atoms with Crippen LogP contribution < -0.4 is 4.90 Å². The van der Waals surface area contributed by atoms with E-state index in [2.05, 4.69) is 9.88 Å². The van der Waals surface area contributed by atoms with E-state index >= 15 is 0 Å². The zero-order valence-electron chi connectivity index (χ0n) is 15.5. The molecule has 5 rings (SSSR count). The molecular weight excluding hydrogens is 343 g/mol. The number of nitrogens with zero attached hydrogens (tertiary/aromatic N) is 4. The van der Waals surface area contributed by atoms with Gasteiger partial charge in [-0.15, -0.1) is 0 Å². The molecule has 0 saturated carbocycles. The van der Waals surface area contributed by atoms with Crippen LogP contribution in [0.4, 0.5) is 10.2 Å². The number of anilines is 1. The van der Waals surface area contributed by atoms with Crippen molar-refractivity contribution < 1.29 is 9.18 Å². The normalized spacial score (nSPS) is 23.6. The minimum atomic E-state index is -0.362. The minimum absolute atomic E-state index is 0.0609. The fourth-order valence-electron chi connectivity index (χ4n) is 4.93. The van der Waals surface area contributed by atoms with E-state index in [4.69, 9.17) is 4.98 Å². The zero-order chi connectivity index (χ0) is 18.5. The fourth-order valence-corrected chi connectivity index (χ4v) is 4.93. The second kappa shape index (κ2) is 6.29. The summed E-state index contributed by atoms with van der Waals surface area (Å²) in [5.74, 6) is 2.45. The number of aromatic nitrogens is 2. The lowest BCUT2D eigenvalue weighted by Crippen LogP contribution is -2.34. The van der Waals surface area contributed by atoms with Gasteiger partial charge < -0.3 is 9.80 Å². The Morgan fingerprint density at radius 2 is 1.89 bits per heavy atom. The Morgan fingerprint density at radius 1 is 1.11 bits per heavy atom. The molecule has 2 aliphatic heterocycles. The number of fused-ring (bicyclic) bond motifs is 2. The molecule has 2 saturated heterocycles. The molecule has 0 radical (unpaired) electrons. The molecule has 0 spiro atoms. The van der Waals surface area contributed by atoms with Crippen LogP contribution in [-0.4, -0.2) is 47.0 Å². The molecule has 1 aromatic carbocycles. The van der Waals surface area contributed by atoms with Crippen molar-refractivity contribution in [3.63, 3.8) is 0 Å². The Labute approximate surface area is 158 Å². The summed E-state index contributed by atoms with van der Waals surface area (Å²) in [5, 5.41) is 0. The predicted molar refractivity (Wildman–Crippen MR) is 100 cm³/mol. The lowest BCUT2D eigenvalue weighted by molar-refractivity contribution is 0.0782. The molecule has 1 aromatic heterocycles. The van der Waals surface area contributed by atoms with Gasteiger partial charge in [-0.05, 0) is 44.4 Å². The Morgan fingerprint density at radius 3 is 2.63 bits per heavy atom. The maximum atomic E-state index is 13.4. The second-order valence-electron chi connectivity index (χ2n) is 8.02. The van der Waals surface area contributed by atoms with Crippen molar-refractivity contribution in [3.8, 4) is 0 Å². The van der Waals surface area contributed by atoms with Crippen LogP contribution in [0, 0.1) is 24.6 Å². The first-order chi connectivity index (χ1) is 13.1. The van der Waals surface area contributed by atoms with Crippen LogP contribution in [0.15, 0.2) is 24.3 Å². The highest BCUT2D eigenvalue weighted by atomic mass is 19.1. The van der Waals surface area contributed by atoms with Gasteiger partial charge in [-0.25, -0.2) is 14.4 Å². The third kappa shape index (κ3) is 2.87. The molecular formula is C21H23FN4O. The molecule has 2 fully saturated rings. The van der Waals surface area contributed by atoms with Crippen LogP contribution in [0.5, 0.6) is 0 Å². The smallest absolute Gasteiger partial charge is 0.253 e. The Bertz CT molecular complexity index is 901. The lowest BCUT2D eigenvalue weighted by Gasteiger charge is -2.24. The summed E-state index contributed by atoms with van der Waals surface area (Å²) in [6.07, 6.45) is 3.29. The second-order valence-corrected chi connectivity index (χ2v) is 8.02. The van der Waals surface area contributed by atoms with E-state index in [9.17, 15) is 9.18 Å². The Hall–Kier alpha value is -2.50. The number of aryl methyl sites for hydroxylation is 2. The van der Waals surface area contributed by atoms with Crippen LogP contribution in [-0.2, 0) is 12.8 Å². The number of halogens is 1. The average molecular weight is 366 g/mol. The maximum absolute atomic E-state index is 13.4. The summed E-state index contributed by atoms with van der Waals surface area (Å²) in [7, 11) is 0. The number of carbonyl (C=O) groups is 1. The van der Waals surface area contributed by atoms with E-state index in [1.54, 1.807) is 12.1 Å². The first kappa shape index (κ1) is 16.7. The number of hydrogen-bond acceptors (Lipinski definition) is 4. The highest BCUT2D eigenvalue weighted by Crippen LogP contribution is 2.37. The predicted octanol–water partition coefficient (Wildman–Crippen LogP) is 2.62. The Kier molecular flexibility index (Phi) is 3.88. The van der Waals surface area contributed by atoms with Gasteiger partial charge in [-0.1, -0.05) is 6.07 Å². The van der Waals surface area contributed by atoms with Gasteiger partial charge >= 0.3 is 0 Å². The number of rotatable bonds is 2. The van der Waals surface area contributed by atoms with Crippen molar-refractivity contribution in [2.75, 3.05) is 31.1 Å². The first-order valence-electron chi connectivity index (χ1n) is 9.74. The van der Waals surface area contributed by atoms with Crippen LogP contribution in [0.25, 0.3) is 0 Å². The molecule has 1 aliphatic carbocycles. The third-order valence-electron chi connectivity index (χ3n) is 6.17. The monoisotopic (exact) mass is 366 g/mol. The molecule has 0 bridgehead atoms. The van der Waals surface area contributed by atoms with Crippen LogP contribution >= 0.6 is 0 Å². The van der Waals surface area contributed by atoms with Gasteiger partial charge in [0.2, 0.25) is 0 Å². The molecule has 27 heavy (non-hydrogen) atoms. The Balaban J connectivity index is 1.31. The summed E-state index contributed by atoms with van der Waals surface area (Å²) < 4.78 is 13.4. The summed E-state index contributed by atoms with van der Waals surface area (Å²) in [5.41, 5.74) is 2.99. The van der Waals surface area contributed by atoms with Gasteiger partial charge in [0.25, 0.3) is 5.91 Å². The van der Waals surface area contributed by atoms with Crippen LogP contribution in [0.1, 0.15) is 33.9 Å². The van der Waals surface area contributed by atoms with Crippen molar-refractivity contribution in [3.05, 3.63) is 52.7 Å². The highest BCUT2D eigenvalue weighted by Gasteiger charge is 2.43. The molecule has 5 nitrogen and oxygen atoms in total. The number of amides is 1. The minimum Gasteiger partial charge on any atom is -0.356 e. The van der Waals surface area contributed by atoms with Gasteiger partial charge in [-0.2, -0.15) is 0 Å². The van der Waals surface area contributed by atoms with E-state index in [0.717, 1.165) is 57.1 Å². The number of likely N-dealkylation sites (tertiary alicyclic amines) is 1.